The Bertz CT molecular complexity index is 1420. The summed E-state index contributed by atoms with van der Waals surface area (Å²) in [6.07, 6.45) is 1.44. The first-order valence-corrected chi connectivity index (χ1v) is 8.85. The number of rotatable bonds is 3. The lowest BCUT2D eigenvalue weighted by Gasteiger charge is -2.08. The van der Waals surface area contributed by atoms with E-state index in [0.29, 0.717) is 22.2 Å². The lowest BCUT2D eigenvalue weighted by molar-refractivity contribution is -0.116. The van der Waals surface area contributed by atoms with Crippen molar-refractivity contribution < 1.29 is 9.21 Å². The summed E-state index contributed by atoms with van der Waals surface area (Å²) in [5, 5.41) is 10.4. The number of amides is 1. The Morgan fingerprint density at radius 3 is 2.64 bits per heavy atom. The zero-order valence-corrected chi connectivity index (χ0v) is 14.8. The number of nitrogens with one attached hydrogen (secondary N) is 1. The van der Waals surface area contributed by atoms with Gasteiger partial charge in [-0.3, -0.25) is 9.48 Å². The van der Waals surface area contributed by atoms with Crippen LogP contribution in [-0.4, -0.2) is 15.7 Å². The maximum Gasteiger partial charge on any atom is 0.347 e. The summed E-state index contributed by atoms with van der Waals surface area (Å²) >= 11 is 0. The molecule has 2 aromatic heterocycles. The number of carbonyl (C=O) groups excluding carboxylic acids is 1. The Kier molecular flexibility index (Phi) is 3.69. The molecule has 0 aliphatic rings. The van der Waals surface area contributed by atoms with Crippen molar-refractivity contribution in [3.8, 4) is 0 Å². The fourth-order valence-corrected chi connectivity index (χ4v) is 3.45. The quantitative estimate of drug-likeness (QED) is 0.489. The van der Waals surface area contributed by atoms with Gasteiger partial charge in [-0.05, 0) is 35.0 Å². The SMILES string of the molecule is O=C(Cn1ncc2c(=O)oc3ccccc3c21)Nc1ccc2ccccc2c1. The van der Waals surface area contributed by atoms with Gasteiger partial charge < -0.3 is 9.73 Å². The van der Waals surface area contributed by atoms with Crippen molar-refractivity contribution >= 4 is 44.2 Å². The van der Waals surface area contributed by atoms with Gasteiger partial charge in [-0.1, -0.05) is 42.5 Å². The van der Waals surface area contributed by atoms with Crippen molar-refractivity contribution in [2.24, 2.45) is 0 Å². The summed E-state index contributed by atoms with van der Waals surface area (Å²) in [5.41, 5.74) is 1.32. The molecule has 6 heteroatoms. The summed E-state index contributed by atoms with van der Waals surface area (Å²) in [6, 6.07) is 20.9. The van der Waals surface area contributed by atoms with E-state index in [1.165, 1.54) is 10.9 Å². The molecule has 0 atom stereocenters. The highest BCUT2D eigenvalue weighted by Crippen LogP contribution is 2.23. The van der Waals surface area contributed by atoms with Crippen molar-refractivity contribution in [1.29, 1.82) is 0 Å². The molecule has 28 heavy (non-hydrogen) atoms. The molecule has 0 saturated heterocycles. The van der Waals surface area contributed by atoms with E-state index in [1.807, 2.05) is 54.6 Å². The van der Waals surface area contributed by atoms with E-state index >= 15 is 0 Å². The predicted molar refractivity (Wildman–Crippen MR) is 108 cm³/mol. The van der Waals surface area contributed by atoms with Gasteiger partial charge in [-0.25, -0.2) is 4.79 Å². The minimum Gasteiger partial charge on any atom is -0.422 e. The molecule has 0 fully saturated rings. The molecular weight excluding hydrogens is 354 g/mol. The van der Waals surface area contributed by atoms with Crippen LogP contribution < -0.4 is 10.9 Å². The average Bonchev–Trinajstić information content (AvgIpc) is 3.12. The van der Waals surface area contributed by atoms with Crippen molar-refractivity contribution in [3.63, 3.8) is 0 Å². The van der Waals surface area contributed by atoms with Gasteiger partial charge in [0.1, 0.15) is 17.5 Å². The Morgan fingerprint density at radius 2 is 1.75 bits per heavy atom. The van der Waals surface area contributed by atoms with Crippen LogP contribution in [0.2, 0.25) is 0 Å². The zero-order chi connectivity index (χ0) is 19.1. The van der Waals surface area contributed by atoms with Gasteiger partial charge in [0.05, 0.1) is 11.7 Å². The van der Waals surface area contributed by atoms with Gasteiger partial charge in [-0.15, -0.1) is 0 Å². The molecule has 6 nitrogen and oxygen atoms in total. The van der Waals surface area contributed by atoms with E-state index in [9.17, 15) is 9.59 Å². The minimum atomic E-state index is -0.463. The molecule has 0 bridgehead atoms. The van der Waals surface area contributed by atoms with Gasteiger partial charge in [0, 0.05) is 11.1 Å². The number of fused-ring (bicyclic) bond motifs is 4. The van der Waals surface area contributed by atoms with Crippen molar-refractivity contribution in [3.05, 3.63) is 83.3 Å². The summed E-state index contributed by atoms with van der Waals surface area (Å²) < 4.78 is 6.85. The number of para-hydroxylation sites is 1. The second-order valence-electron chi connectivity index (χ2n) is 6.56. The first-order chi connectivity index (χ1) is 13.7. The molecule has 5 aromatic rings. The maximum absolute atomic E-state index is 12.6. The van der Waals surface area contributed by atoms with Crippen LogP contribution in [0.15, 0.2) is 82.1 Å². The van der Waals surface area contributed by atoms with E-state index in [0.717, 1.165) is 16.2 Å². The minimum absolute atomic E-state index is 0.0101. The second kappa shape index (κ2) is 6.35. The maximum atomic E-state index is 12.6. The Morgan fingerprint density at radius 1 is 0.964 bits per heavy atom. The van der Waals surface area contributed by atoms with Crippen LogP contribution in [0.5, 0.6) is 0 Å². The normalized spacial score (nSPS) is 11.3. The van der Waals surface area contributed by atoms with Crippen LogP contribution in [0, 0.1) is 0 Å². The molecule has 0 spiro atoms. The first kappa shape index (κ1) is 16.3. The third-order valence-corrected chi connectivity index (χ3v) is 4.73. The predicted octanol–water partition coefficient (Wildman–Crippen LogP) is 3.93. The van der Waals surface area contributed by atoms with Gasteiger partial charge in [0.25, 0.3) is 0 Å². The first-order valence-electron chi connectivity index (χ1n) is 8.85. The highest BCUT2D eigenvalue weighted by molar-refractivity contribution is 6.03. The molecule has 0 radical (unpaired) electrons. The Labute approximate surface area is 159 Å². The van der Waals surface area contributed by atoms with Crippen LogP contribution in [-0.2, 0) is 11.3 Å². The van der Waals surface area contributed by atoms with Gasteiger partial charge >= 0.3 is 5.63 Å². The van der Waals surface area contributed by atoms with Crippen molar-refractivity contribution in [2.75, 3.05) is 5.32 Å². The molecule has 0 aliphatic heterocycles. The topological polar surface area (TPSA) is 77.1 Å². The van der Waals surface area contributed by atoms with Crippen LogP contribution in [0.25, 0.3) is 32.6 Å². The van der Waals surface area contributed by atoms with Gasteiger partial charge in [-0.2, -0.15) is 5.10 Å². The summed E-state index contributed by atoms with van der Waals surface area (Å²) in [7, 11) is 0. The van der Waals surface area contributed by atoms with E-state index < -0.39 is 5.63 Å². The van der Waals surface area contributed by atoms with Crippen molar-refractivity contribution in [1.82, 2.24) is 9.78 Å². The highest BCUT2D eigenvalue weighted by Gasteiger charge is 2.15. The lowest BCUT2D eigenvalue weighted by Crippen LogP contribution is -2.19. The molecular formula is C22H15N3O3. The van der Waals surface area contributed by atoms with E-state index in [2.05, 4.69) is 10.4 Å². The molecule has 0 saturated carbocycles. The van der Waals surface area contributed by atoms with E-state index in [-0.39, 0.29) is 12.5 Å². The van der Waals surface area contributed by atoms with Crippen LogP contribution >= 0.6 is 0 Å². The van der Waals surface area contributed by atoms with Crippen LogP contribution in [0.1, 0.15) is 0 Å². The summed E-state index contributed by atoms with van der Waals surface area (Å²) in [5.74, 6) is -0.224. The fourth-order valence-electron chi connectivity index (χ4n) is 3.45. The second-order valence-corrected chi connectivity index (χ2v) is 6.56. The number of carbonyl (C=O) groups is 1. The van der Waals surface area contributed by atoms with Crippen molar-refractivity contribution in [2.45, 2.75) is 6.54 Å². The smallest absolute Gasteiger partial charge is 0.347 e. The molecule has 0 aliphatic carbocycles. The van der Waals surface area contributed by atoms with E-state index in [1.54, 1.807) is 12.1 Å². The summed E-state index contributed by atoms with van der Waals surface area (Å²) in [4.78, 5) is 24.8. The standard InChI is InChI=1S/C22H15N3O3/c26-20(24-16-10-9-14-5-1-2-6-15(14)11-16)13-25-21-17-7-3-4-8-19(17)28-22(27)18(21)12-23-25/h1-12H,13H2,(H,24,26). The van der Waals surface area contributed by atoms with Crippen LogP contribution in [0.3, 0.4) is 0 Å². The Hall–Kier alpha value is -3.93. The lowest BCUT2D eigenvalue weighted by atomic mass is 10.1. The molecule has 5 rings (SSSR count). The summed E-state index contributed by atoms with van der Waals surface area (Å²) in [6.45, 7) is -0.0101. The molecule has 136 valence electrons. The Balaban J connectivity index is 1.49. The number of hydrogen-bond acceptors (Lipinski definition) is 4. The number of hydrogen-bond donors (Lipinski definition) is 1. The average molecular weight is 369 g/mol. The van der Waals surface area contributed by atoms with Gasteiger partial charge in [0.15, 0.2) is 0 Å². The van der Waals surface area contributed by atoms with E-state index in [4.69, 9.17) is 4.42 Å². The molecule has 0 unspecified atom stereocenters. The third kappa shape index (κ3) is 2.72. The van der Waals surface area contributed by atoms with Gasteiger partial charge in [0.2, 0.25) is 5.91 Å². The highest BCUT2D eigenvalue weighted by atomic mass is 16.4. The zero-order valence-electron chi connectivity index (χ0n) is 14.8. The number of aromatic nitrogens is 2. The molecule has 2 heterocycles. The van der Waals surface area contributed by atoms with Crippen LogP contribution in [0.4, 0.5) is 5.69 Å². The third-order valence-electron chi connectivity index (χ3n) is 4.73. The number of benzene rings is 3. The molecule has 3 aromatic carbocycles. The fraction of sp³-hybridized carbons (Fsp3) is 0.0455. The molecule has 1 amide bonds. The number of anilines is 1. The molecule has 1 N–H and O–H groups in total. The largest absolute Gasteiger partial charge is 0.422 e. The number of nitrogens with zero attached hydrogens (tertiary/aromatic N) is 2. The monoisotopic (exact) mass is 369 g/mol.